The number of anilines is 2. The van der Waals surface area contributed by atoms with Crippen LogP contribution in [0.1, 0.15) is 50.1 Å². The molecule has 36 heavy (non-hydrogen) atoms. The number of rotatable bonds is 7. The smallest absolute Gasteiger partial charge is 0.287 e. The van der Waals surface area contributed by atoms with Gasteiger partial charge in [0.1, 0.15) is 10.3 Å². The third-order valence-corrected chi connectivity index (χ3v) is 9.85. The van der Waals surface area contributed by atoms with Crippen LogP contribution in [0.25, 0.3) is 0 Å². The number of aromatic nitrogens is 2. The van der Waals surface area contributed by atoms with Crippen molar-refractivity contribution in [1.29, 1.82) is 5.26 Å². The number of ether oxygens (including phenoxy) is 1. The lowest BCUT2D eigenvalue weighted by Gasteiger charge is -2.39. The van der Waals surface area contributed by atoms with Crippen LogP contribution >= 0.6 is 11.6 Å². The largest absolute Gasteiger partial charge is 0.381 e. The van der Waals surface area contributed by atoms with Crippen molar-refractivity contribution < 1.29 is 13.2 Å². The van der Waals surface area contributed by atoms with Gasteiger partial charge in [0.15, 0.2) is 9.84 Å². The summed E-state index contributed by atoms with van der Waals surface area (Å²) < 4.78 is 31.2. The Bertz CT molecular complexity index is 1300. The van der Waals surface area contributed by atoms with Crippen LogP contribution in [-0.2, 0) is 14.6 Å². The Kier molecular flexibility index (Phi) is 7.24. The van der Waals surface area contributed by atoms with E-state index in [9.17, 15) is 13.2 Å². The van der Waals surface area contributed by atoms with Crippen molar-refractivity contribution in [2.45, 2.75) is 61.9 Å². The van der Waals surface area contributed by atoms with Crippen LogP contribution in [0.4, 0.5) is 11.4 Å². The summed E-state index contributed by atoms with van der Waals surface area (Å²) in [5, 5.41) is 15.8. The first-order chi connectivity index (χ1) is 17.4. The molecule has 2 saturated carbocycles. The zero-order chi connectivity index (χ0) is 25.3. The van der Waals surface area contributed by atoms with Gasteiger partial charge < -0.3 is 15.0 Å². The van der Waals surface area contributed by atoms with Crippen LogP contribution in [0.5, 0.6) is 0 Å². The maximum absolute atomic E-state index is 13.0. The Balaban J connectivity index is 1.24. The second kappa shape index (κ2) is 10.4. The first kappa shape index (κ1) is 25.1. The molecular weight excluding hydrogens is 502 g/mol. The van der Waals surface area contributed by atoms with Crippen molar-refractivity contribution in [3.8, 4) is 6.07 Å². The lowest BCUT2D eigenvalue weighted by atomic mass is 9.89. The van der Waals surface area contributed by atoms with Gasteiger partial charge in [0.25, 0.3) is 5.56 Å². The molecule has 11 heteroatoms. The van der Waals surface area contributed by atoms with E-state index >= 15 is 0 Å². The summed E-state index contributed by atoms with van der Waals surface area (Å²) in [5.74, 6) is -0.00104. The van der Waals surface area contributed by atoms with Crippen molar-refractivity contribution in [3.63, 3.8) is 0 Å². The third-order valence-electron chi connectivity index (χ3n) is 7.43. The van der Waals surface area contributed by atoms with E-state index in [4.69, 9.17) is 21.6 Å². The average molecular weight is 532 g/mol. The van der Waals surface area contributed by atoms with Gasteiger partial charge in [0.2, 0.25) is 0 Å². The molecule has 1 aromatic carbocycles. The van der Waals surface area contributed by atoms with Crippen molar-refractivity contribution in [2.75, 3.05) is 35.7 Å². The highest BCUT2D eigenvalue weighted by Gasteiger charge is 2.37. The molecule has 2 heterocycles. The van der Waals surface area contributed by atoms with Crippen LogP contribution in [0.15, 0.2) is 35.3 Å². The second-order valence-electron chi connectivity index (χ2n) is 9.83. The SMILES string of the molecule is N#Cc1ccc(N(C2CC2)C2CCC(n3ncc(NC[C@@H]4COCCS4(=O)=O)c(Cl)c3=O)CC2)cc1. The van der Waals surface area contributed by atoms with Crippen LogP contribution in [0, 0.1) is 11.3 Å². The van der Waals surface area contributed by atoms with E-state index in [1.807, 2.05) is 24.3 Å². The lowest BCUT2D eigenvalue weighted by molar-refractivity contribution is 0.140. The normalized spacial score (nSPS) is 25.6. The Morgan fingerprint density at radius 2 is 1.81 bits per heavy atom. The van der Waals surface area contributed by atoms with Crippen molar-refractivity contribution in [2.24, 2.45) is 0 Å². The van der Waals surface area contributed by atoms with Crippen molar-refractivity contribution in [3.05, 3.63) is 51.4 Å². The zero-order valence-electron chi connectivity index (χ0n) is 20.0. The lowest BCUT2D eigenvalue weighted by Crippen LogP contribution is -2.42. The summed E-state index contributed by atoms with van der Waals surface area (Å²) in [6.07, 6.45) is 7.38. The molecule has 0 radical (unpaired) electrons. The molecule has 1 aliphatic heterocycles. The quantitative estimate of drug-likeness (QED) is 0.579. The highest BCUT2D eigenvalue weighted by Crippen LogP contribution is 2.39. The molecule has 0 unspecified atom stereocenters. The third kappa shape index (κ3) is 5.24. The molecule has 1 atom stereocenters. The first-order valence-corrected chi connectivity index (χ1v) is 14.6. The van der Waals surface area contributed by atoms with E-state index in [2.05, 4.69) is 21.4 Å². The van der Waals surface area contributed by atoms with Gasteiger partial charge >= 0.3 is 0 Å². The van der Waals surface area contributed by atoms with Crippen molar-refractivity contribution >= 4 is 32.8 Å². The van der Waals surface area contributed by atoms with Gasteiger partial charge in [0, 0.05) is 24.3 Å². The minimum absolute atomic E-state index is 0.00104. The Morgan fingerprint density at radius 3 is 2.42 bits per heavy atom. The molecule has 5 rings (SSSR count). The average Bonchev–Trinajstić information content (AvgIpc) is 3.72. The van der Waals surface area contributed by atoms with E-state index in [0.717, 1.165) is 31.4 Å². The van der Waals surface area contributed by atoms with Crippen LogP contribution in [-0.4, -0.2) is 61.0 Å². The zero-order valence-corrected chi connectivity index (χ0v) is 21.5. The molecule has 192 valence electrons. The monoisotopic (exact) mass is 531 g/mol. The Hall–Kier alpha value is -2.61. The van der Waals surface area contributed by atoms with E-state index in [0.29, 0.717) is 23.3 Å². The molecule has 3 aliphatic rings. The van der Waals surface area contributed by atoms with E-state index < -0.39 is 15.1 Å². The molecule has 2 aromatic rings. The van der Waals surface area contributed by atoms with Gasteiger partial charge in [-0.1, -0.05) is 11.6 Å². The fourth-order valence-electron chi connectivity index (χ4n) is 5.26. The van der Waals surface area contributed by atoms with Gasteiger partial charge in [-0.2, -0.15) is 10.4 Å². The number of benzene rings is 1. The highest BCUT2D eigenvalue weighted by atomic mass is 35.5. The summed E-state index contributed by atoms with van der Waals surface area (Å²) >= 11 is 6.39. The highest BCUT2D eigenvalue weighted by molar-refractivity contribution is 7.92. The summed E-state index contributed by atoms with van der Waals surface area (Å²) in [7, 11) is -3.23. The number of sulfone groups is 1. The molecule has 0 spiro atoms. The summed E-state index contributed by atoms with van der Waals surface area (Å²) in [6, 6.07) is 10.9. The van der Waals surface area contributed by atoms with Crippen LogP contribution in [0.2, 0.25) is 5.02 Å². The molecular formula is C25H30ClN5O4S. The fraction of sp³-hybridized carbons (Fsp3) is 0.560. The van der Waals surface area contributed by atoms with E-state index in [1.165, 1.54) is 23.7 Å². The molecule has 0 amide bonds. The molecule has 2 aliphatic carbocycles. The van der Waals surface area contributed by atoms with Crippen LogP contribution in [0.3, 0.4) is 0 Å². The van der Waals surface area contributed by atoms with Gasteiger partial charge in [-0.25, -0.2) is 13.1 Å². The number of nitrogens with one attached hydrogen (secondary N) is 1. The predicted octanol–water partition coefficient (Wildman–Crippen LogP) is 3.15. The summed E-state index contributed by atoms with van der Waals surface area (Å²) in [6.45, 7) is 0.455. The standard InChI is InChI=1S/C25H30ClN5O4S/c26-24-23(28-14-22-16-35-11-12-36(22,33)34)15-29-31(25(24)32)21-9-7-20(8-10-21)30(19-5-6-19)18-3-1-17(13-27)2-4-18/h1-4,15,19-22,28H,5-12,14,16H2/t20?,21?,22-/m1/s1. The fourth-order valence-corrected chi connectivity index (χ4v) is 6.79. The van der Waals surface area contributed by atoms with Crippen LogP contribution < -0.4 is 15.8 Å². The molecule has 1 aromatic heterocycles. The predicted molar refractivity (Wildman–Crippen MR) is 138 cm³/mol. The minimum Gasteiger partial charge on any atom is -0.381 e. The number of nitriles is 1. The topological polar surface area (TPSA) is 117 Å². The number of nitrogens with zero attached hydrogens (tertiary/aromatic N) is 4. The van der Waals surface area contributed by atoms with E-state index in [1.54, 1.807) is 0 Å². The van der Waals surface area contributed by atoms with Gasteiger partial charge in [-0.15, -0.1) is 0 Å². The number of hydrogen-bond donors (Lipinski definition) is 1. The molecule has 3 fully saturated rings. The van der Waals surface area contributed by atoms with Gasteiger partial charge in [0.05, 0.1) is 48.5 Å². The Morgan fingerprint density at radius 1 is 1.14 bits per heavy atom. The molecule has 1 saturated heterocycles. The summed E-state index contributed by atoms with van der Waals surface area (Å²) in [4.78, 5) is 15.5. The molecule has 9 nitrogen and oxygen atoms in total. The summed E-state index contributed by atoms with van der Waals surface area (Å²) in [5.41, 5.74) is 1.79. The van der Waals surface area contributed by atoms with Gasteiger partial charge in [-0.05, 0) is 62.8 Å². The maximum atomic E-state index is 13.0. The Labute approximate surface area is 215 Å². The molecule has 0 bridgehead atoms. The second-order valence-corrected chi connectivity index (χ2v) is 12.6. The number of halogens is 1. The number of hydrogen-bond acceptors (Lipinski definition) is 8. The maximum Gasteiger partial charge on any atom is 0.287 e. The minimum atomic E-state index is -3.23. The van der Waals surface area contributed by atoms with Crippen molar-refractivity contribution in [1.82, 2.24) is 9.78 Å². The molecule has 1 N–H and O–H groups in total. The first-order valence-electron chi connectivity index (χ1n) is 12.5. The van der Waals surface area contributed by atoms with Gasteiger partial charge in [-0.3, -0.25) is 4.79 Å². The van der Waals surface area contributed by atoms with E-state index in [-0.39, 0.29) is 42.1 Å².